The molecule has 6 N–H and O–H groups in total. The standard InChI is InChI=1S/C18H19NO7.C18H19NO6.C17H17NO4/c1-23-14-5-9(6-15(24-2)17(14)25-3)16-11-7-13(21)10(8-20)4-12(11)19-18(22)26-16;1-9-14(22-2)5-10(6-15(9)23-3)17-11-7-16(24-4)13(20)8-12(11)19-18(21)25-17;1-10-14(20-2)8-11(9-15(10)21-3)16-12-6-4-5-7-13(12)18-17(19)22-16/h4-7,16,20-21H,8H2,1-3H3,(H,19,22);5-8,17,20H,1-4H3,(H,19,21);4-9,16H,1-3H3,(H,18,19). The minimum Gasteiger partial charge on any atom is -0.508 e. The summed E-state index contributed by atoms with van der Waals surface area (Å²) in [5, 5.41) is 37.2. The van der Waals surface area contributed by atoms with E-state index in [0.29, 0.717) is 79.4 Å². The molecule has 0 bridgehead atoms. The number of aliphatic hydroxyl groups excluding tert-OH is 1. The number of cyclic esters (lactones) is 3. The van der Waals surface area contributed by atoms with Crippen LogP contribution in [0.25, 0.3) is 0 Å². The molecule has 0 aliphatic carbocycles. The SMILES string of the molecule is COc1cc(C2OC(=O)Nc3cc(CO)c(O)cc32)cc(OC)c1OC.COc1cc(C2OC(=O)Nc3ccccc32)cc(OC)c1C.COc1cc2c(cc1O)NC(=O)OC2c1cc(OC)c(C)c(OC)c1. The molecule has 20 nitrogen and oxygen atoms in total. The van der Waals surface area contributed by atoms with Gasteiger partial charge in [-0.15, -0.1) is 0 Å². The summed E-state index contributed by atoms with van der Waals surface area (Å²) in [7, 11) is 12.3. The van der Waals surface area contributed by atoms with Crippen LogP contribution in [0.2, 0.25) is 0 Å². The highest BCUT2D eigenvalue weighted by Crippen LogP contribution is 2.47. The number of hydrogen-bond acceptors (Lipinski definition) is 17. The van der Waals surface area contributed by atoms with Crippen LogP contribution < -0.4 is 53.8 Å². The molecule has 3 atom stereocenters. The highest BCUT2D eigenvalue weighted by atomic mass is 16.6. The van der Waals surface area contributed by atoms with Gasteiger partial charge in [0.2, 0.25) is 5.75 Å². The number of phenols is 2. The predicted octanol–water partition coefficient (Wildman–Crippen LogP) is 9.60. The van der Waals surface area contributed by atoms with Gasteiger partial charge in [0.15, 0.2) is 41.3 Å². The molecule has 3 aliphatic heterocycles. The molecule has 3 amide bonds. The zero-order valence-corrected chi connectivity index (χ0v) is 41.6. The van der Waals surface area contributed by atoms with Crippen LogP contribution in [0.4, 0.5) is 31.4 Å². The quantitative estimate of drug-likeness (QED) is 0.0493. The first-order valence-corrected chi connectivity index (χ1v) is 22.3. The van der Waals surface area contributed by atoms with E-state index in [9.17, 15) is 29.7 Å². The smallest absolute Gasteiger partial charge is 0.412 e. The first-order valence-electron chi connectivity index (χ1n) is 22.3. The molecule has 3 unspecified atom stereocenters. The summed E-state index contributed by atoms with van der Waals surface area (Å²) in [5.74, 6) is 4.00. The number of para-hydroxylation sites is 1. The highest BCUT2D eigenvalue weighted by molar-refractivity contribution is 5.91. The number of anilines is 3. The number of methoxy groups -OCH3 is 8. The summed E-state index contributed by atoms with van der Waals surface area (Å²) in [6.07, 6.45) is -3.71. The molecule has 20 heteroatoms. The van der Waals surface area contributed by atoms with Crippen LogP contribution in [0, 0.1) is 13.8 Å². The summed E-state index contributed by atoms with van der Waals surface area (Å²) in [4.78, 5) is 35.7. The molecule has 6 aromatic rings. The van der Waals surface area contributed by atoms with Crippen LogP contribution in [-0.2, 0) is 20.8 Å². The van der Waals surface area contributed by atoms with E-state index in [0.717, 1.165) is 27.9 Å². The molecular weight excluding hydrogens is 951 g/mol. The third-order valence-corrected chi connectivity index (χ3v) is 12.1. The molecule has 9 rings (SSSR count). The molecule has 0 fully saturated rings. The number of rotatable bonds is 12. The van der Waals surface area contributed by atoms with Gasteiger partial charge in [-0.25, -0.2) is 14.4 Å². The molecule has 0 saturated heterocycles. The second-order valence-electron chi connectivity index (χ2n) is 16.2. The summed E-state index contributed by atoms with van der Waals surface area (Å²) >= 11 is 0. The number of aromatic hydroxyl groups is 2. The summed E-state index contributed by atoms with van der Waals surface area (Å²) in [6.45, 7) is 3.44. The fraction of sp³-hybridized carbons (Fsp3) is 0.264. The van der Waals surface area contributed by atoms with Gasteiger partial charge in [-0.3, -0.25) is 16.0 Å². The van der Waals surface area contributed by atoms with Crippen molar-refractivity contribution in [3.8, 4) is 57.5 Å². The molecule has 0 saturated carbocycles. The average molecular weight is 1010 g/mol. The Balaban J connectivity index is 0.000000161. The number of fused-ring (bicyclic) bond motifs is 3. The second-order valence-corrected chi connectivity index (χ2v) is 16.2. The number of phenolic OH excluding ortho intramolecular Hbond substituents is 1. The van der Waals surface area contributed by atoms with Gasteiger partial charge >= 0.3 is 18.3 Å². The first kappa shape index (κ1) is 51.9. The van der Waals surface area contributed by atoms with Crippen molar-refractivity contribution in [2.24, 2.45) is 0 Å². The van der Waals surface area contributed by atoms with Crippen molar-refractivity contribution in [1.82, 2.24) is 0 Å². The number of carbonyl (C=O) groups excluding carboxylic acids is 3. The van der Waals surface area contributed by atoms with E-state index in [1.807, 2.05) is 50.2 Å². The zero-order chi connectivity index (χ0) is 52.7. The maximum absolute atomic E-state index is 12.0. The number of aliphatic hydroxyl groups is 1. The Labute approximate surface area is 420 Å². The van der Waals surface area contributed by atoms with Crippen LogP contribution in [-0.4, -0.2) is 90.5 Å². The number of benzene rings is 6. The third-order valence-electron chi connectivity index (χ3n) is 12.1. The fourth-order valence-corrected chi connectivity index (χ4v) is 8.45. The number of amides is 3. The largest absolute Gasteiger partial charge is 0.508 e. The monoisotopic (exact) mass is 1010 g/mol. The van der Waals surface area contributed by atoms with Gasteiger partial charge in [-0.05, 0) is 74.5 Å². The van der Waals surface area contributed by atoms with Gasteiger partial charge in [0.25, 0.3) is 0 Å². The normalized spacial score (nSPS) is 15.8. The van der Waals surface area contributed by atoms with E-state index in [4.69, 9.17) is 52.1 Å². The van der Waals surface area contributed by atoms with E-state index in [-0.39, 0.29) is 23.9 Å². The van der Waals surface area contributed by atoms with Crippen molar-refractivity contribution in [3.05, 3.63) is 135 Å². The molecule has 0 spiro atoms. The lowest BCUT2D eigenvalue weighted by Crippen LogP contribution is -2.25. The Hall–Kier alpha value is -8.91. The topological polar surface area (TPSA) is 250 Å². The third kappa shape index (κ3) is 10.7. The molecule has 0 aromatic heterocycles. The predicted molar refractivity (Wildman–Crippen MR) is 266 cm³/mol. The molecule has 3 heterocycles. The Morgan fingerprint density at radius 1 is 0.438 bits per heavy atom. The summed E-state index contributed by atoms with van der Waals surface area (Å²) < 4.78 is 59.1. The zero-order valence-electron chi connectivity index (χ0n) is 41.6. The molecular formula is C53H55N3O17. The second kappa shape index (κ2) is 22.4. The maximum atomic E-state index is 12.0. The van der Waals surface area contributed by atoms with Crippen LogP contribution in [0.15, 0.2) is 84.9 Å². The average Bonchev–Trinajstić information content (AvgIpc) is 3.39. The lowest BCUT2D eigenvalue weighted by Gasteiger charge is -2.28. The van der Waals surface area contributed by atoms with Gasteiger partial charge in [-0.2, -0.15) is 0 Å². The Morgan fingerprint density at radius 3 is 1.25 bits per heavy atom. The van der Waals surface area contributed by atoms with Crippen molar-refractivity contribution < 1.29 is 81.8 Å². The Kier molecular flexibility index (Phi) is 16.0. The van der Waals surface area contributed by atoms with Crippen LogP contribution in [0.1, 0.15) is 68.4 Å². The molecule has 73 heavy (non-hydrogen) atoms. The molecule has 6 aromatic carbocycles. The van der Waals surface area contributed by atoms with E-state index >= 15 is 0 Å². The van der Waals surface area contributed by atoms with E-state index < -0.39 is 36.6 Å². The van der Waals surface area contributed by atoms with Gasteiger partial charge in [-0.1, -0.05) is 18.2 Å². The summed E-state index contributed by atoms with van der Waals surface area (Å²) in [6, 6.07) is 24.3. The van der Waals surface area contributed by atoms with Crippen molar-refractivity contribution in [3.63, 3.8) is 0 Å². The summed E-state index contributed by atoms with van der Waals surface area (Å²) in [5.41, 5.74) is 7.86. The van der Waals surface area contributed by atoms with Gasteiger partial charge < -0.3 is 67.4 Å². The van der Waals surface area contributed by atoms with Gasteiger partial charge in [0, 0.05) is 56.1 Å². The van der Waals surface area contributed by atoms with E-state index in [2.05, 4.69) is 16.0 Å². The number of ether oxygens (including phenoxy) is 11. The van der Waals surface area contributed by atoms with Gasteiger partial charge in [0.05, 0.1) is 80.5 Å². The van der Waals surface area contributed by atoms with Crippen molar-refractivity contribution in [2.75, 3.05) is 72.8 Å². The van der Waals surface area contributed by atoms with Crippen molar-refractivity contribution in [2.45, 2.75) is 38.8 Å². The van der Waals surface area contributed by atoms with Gasteiger partial charge in [0.1, 0.15) is 28.7 Å². The van der Waals surface area contributed by atoms with Crippen molar-refractivity contribution in [1.29, 1.82) is 0 Å². The molecule has 3 aliphatic rings. The number of carbonyl (C=O) groups is 3. The Morgan fingerprint density at radius 2 is 0.822 bits per heavy atom. The van der Waals surface area contributed by atoms with Crippen LogP contribution >= 0.6 is 0 Å². The number of nitrogens with one attached hydrogen (secondary N) is 3. The Bertz CT molecular complexity index is 2980. The van der Waals surface area contributed by atoms with Crippen LogP contribution in [0.5, 0.6) is 57.5 Å². The maximum Gasteiger partial charge on any atom is 0.412 e. The van der Waals surface area contributed by atoms with E-state index in [1.54, 1.807) is 58.8 Å². The van der Waals surface area contributed by atoms with E-state index in [1.165, 1.54) is 46.6 Å². The first-order chi connectivity index (χ1) is 35.1. The minimum atomic E-state index is -0.800. The molecule has 384 valence electrons. The number of hydrogen-bond donors (Lipinski definition) is 6. The fourth-order valence-electron chi connectivity index (χ4n) is 8.45. The van der Waals surface area contributed by atoms with Crippen LogP contribution in [0.3, 0.4) is 0 Å². The van der Waals surface area contributed by atoms with Crippen molar-refractivity contribution >= 4 is 35.3 Å². The lowest BCUT2D eigenvalue weighted by molar-refractivity contribution is 0.125. The highest BCUT2D eigenvalue weighted by Gasteiger charge is 2.33. The lowest BCUT2D eigenvalue weighted by atomic mass is 9.96. The minimum absolute atomic E-state index is 0.0683. The molecule has 0 radical (unpaired) electrons.